The van der Waals surface area contributed by atoms with Gasteiger partial charge >= 0.3 is 0 Å². The normalized spacial score (nSPS) is 13.6. The van der Waals surface area contributed by atoms with Crippen LogP contribution in [0, 0.1) is 8.93 Å². The standard InChI is InChI=1S/C8H13IN2OS/c1-4-12-6(5(2)3)7-10-8(9)13-11-7/h5-6H,4H2,1-3H3. The van der Waals surface area contributed by atoms with Crippen LogP contribution in [0.15, 0.2) is 0 Å². The molecule has 0 N–H and O–H groups in total. The summed E-state index contributed by atoms with van der Waals surface area (Å²) in [6, 6.07) is 0. The van der Waals surface area contributed by atoms with Gasteiger partial charge in [0.2, 0.25) is 0 Å². The van der Waals surface area contributed by atoms with Crippen molar-refractivity contribution in [1.29, 1.82) is 0 Å². The largest absolute Gasteiger partial charge is 0.370 e. The van der Waals surface area contributed by atoms with Gasteiger partial charge in [-0.25, -0.2) is 4.98 Å². The van der Waals surface area contributed by atoms with Crippen LogP contribution in [0.2, 0.25) is 0 Å². The van der Waals surface area contributed by atoms with Gasteiger partial charge in [-0.1, -0.05) is 13.8 Å². The topological polar surface area (TPSA) is 35.0 Å². The van der Waals surface area contributed by atoms with Crippen molar-refractivity contribution in [3.63, 3.8) is 0 Å². The Bertz CT molecular complexity index is 264. The lowest BCUT2D eigenvalue weighted by molar-refractivity contribution is 0.0239. The zero-order chi connectivity index (χ0) is 9.84. The Morgan fingerprint density at radius 2 is 2.23 bits per heavy atom. The monoisotopic (exact) mass is 312 g/mol. The molecule has 0 spiro atoms. The number of hydrogen-bond acceptors (Lipinski definition) is 4. The zero-order valence-electron chi connectivity index (χ0n) is 7.95. The van der Waals surface area contributed by atoms with Gasteiger partial charge in [0.05, 0.1) is 0 Å². The molecule has 1 aromatic rings. The molecule has 0 bridgehead atoms. The molecule has 1 unspecified atom stereocenters. The highest BCUT2D eigenvalue weighted by Gasteiger charge is 2.20. The van der Waals surface area contributed by atoms with E-state index >= 15 is 0 Å². The molecule has 3 nitrogen and oxygen atoms in total. The number of ether oxygens (including phenoxy) is 1. The van der Waals surface area contributed by atoms with Gasteiger partial charge in [-0.2, -0.15) is 4.37 Å². The molecule has 0 radical (unpaired) electrons. The van der Waals surface area contributed by atoms with Crippen LogP contribution < -0.4 is 0 Å². The summed E-state index contributed by atoms with van der Waals surface area (Å²) in [6.45, 7) is 6.94. The van der Waals surface area contributed by atoms with E-state index in [-0.39, 0.29) is 6.10 Å². The van der Waals surface area contributed by atoms with Crippen molar-refractivity contribution in [3.05, 3.63) is 8.84 Å². The Morgan fingerprint density at radius 3 is 2.62 bits per heavy atom. The second-order valence-electron chi connectivity index (χ2n) is 3.03. The minimum atomic E-state index is 0.0461. The lowest BCUT2D eigenvalue weighted by atomic mass is 10.1. The van der Waals surface area contributed by atoms with Gasteiger partial charge in [0.15, 0.2) is 8.84 Å². The SMILES string of the molecule is CCOC(c1nsc(I)n1)C(C)C. The molecule has 1 aromatic heterocycles. The van der Waals surface area contributed by atoms with Crippen LogP contribution in [0.1, 0.15) is 32.7 Å². The highest BCUT2D eigenvalue weighted by Crippen LogP contribution is 2.24. The molecule has 0 aromatic carbocycles. The van der Waals surface area contributed by atoms with Gasteiger partial charge in [0.1, 0.15) is 6.10 Å². The summed E-state index contributed by atoms with van der Waals surface area (Å²) in [6.07, 6.45) is 0.0461. The van der Waals surface area contributed by atoms with E-state index in [2.05, 4.69) is 45.8 Å². The summed E-state index contributed by atoms with van der Waals surface area (Å²) in [5.41, 5.74) is 0. The molecule has 0 amide bonds. The van der Waals surface area contributed by atoms with E-state index in [0.717, 1.165) is 8.84 Å². The van der Waals surface area contributed by atoms with Gasteiger partial charge in [-0.3, -0.25) is 0 Å². The minimum Gasteiger partial charge on any atom is -0.370 e. The Balaban J connectivity index is 2.75. The first-order chi connectivity index (χ1) is 6.15. The van der Waals surface area contributed by atoms with E-state index < -0.39 is 0 Å². The van der Waals surface area contributed by atoms with Crippen LogP contribution in [-0.4, -0.2) is 16.0 Å². The summed E-state index contributed by atoms with van der Waals surface area (Å²) < 4.78 is 10.8. The van der Waals surface area contributed by atoms with Crippen molar-refractivity contribution >= 4 is 34.1 Å². The smallest absolute Gasteiger partial charge is 0.174 e. The summed E-state index contributed by atoms with van der Waals surface area (Å²) in [5, 5.41) is 0. The minimum absolute atomic E-state index is 0.0461. The van der Waals surface area contributed by atoms with Crippen molar-refractivity contribution in [2.45, 2.75) is 26.9 Å². The molecule has 0 aliphatic heterocycles. The maximum Gasteiger partial charge on any atom is 0.174 e. The molecule has 0 saturated heterocycles. The predicted molar refractivity (Wildman–Crippen MR) is 61.8 cm³/mol. The maximum atomic E-state index is 5.58. The van der Waals surface area contributed by atoms with Gasteiger partial charge in [-0.15, -0.1) is 0 Å². The first kappa shape index (κ1) is 11.3. The van der Waals surface area contributed by atoms with Gasteiger partial charge < -0.3 is 4.74 Å². The fourth-order valence-electron chi connectivity index (χ4n) is 1.08. The van der Waals surface area contributed by atoms with E-state index in [1.807, 2.05) is 6.92 Å². The van der Waals surface area contributed by atoms with Crippen molar-refractivity contribution in [2.75, 3.05) is 6.61 Å². The van der Waals surface area contributed by atoms with Crippen molar-refractivity contribution in [1.82, 2.24) is 9.36 Å². The fourth-order valence-corrected chi connectivity index (χ4v) is 2.07. The molecule has 1 rings (SSSR count). The van der Waals surface area contributed by atoms with Crippen LogP contribution in [0.3, 0.4) is 0 Å². The third kappa shape index (κ3) is 3.14. The van der Waals surface area contributed by atoms with E-state index in [4.69, 9.17) is 4.74 Å². The number of rotatable bonds is 4. The quantitative estimate of drug-likeness (QED) is 0.802. The first-order valence-electron chi connectivity index (χ1n) is 4.25. The van der Waals surface area contributed by atoms with Crippen LogP contribution >= 0.6 is 34.1 Å². The summed E-state index contributed by atoms with van der Waals surface area (Å²) in [7, 11) is 0. The second-order valence-corrected chi connectivity index (χ2v) is 5.53. The highest BCUT2D eigenvalue weighted by atomic mass is 127. The summed E-state index contributed by atoms with van der Waals surface area (Å²) >= 11 is 3.60. The first-order valence-corrected chi connectivity index (χ1v) is 6.11. The maximum absolute atomic E-state index is 5.58. The van der Waals surface area contributed by atoms with Crippen LogP contribution in [0.4, 0.5) is 0 Å². The molecule has 74 valence electrons. The third-order valence-electron chi connectivity index (χ3n) is 1.62. The van der Waals surface area contributed by atoms with Crippen molar-refractivity contribution < 1.29 is 4.74 Å². The molecule has 0 fully saturated rings. The lowest BCUT2D eigenvalue weighted by Gasteiger charge is -2.16. The van der Waals surface area contributed by atoms with Crippen molar-refractivity contribution in [3.8, 4) is 0 Å². The zero-order valence-corrected chi connectivity index (χ0v) is 10.9. The third-order valence-corrected chi connectivity index (χ3v) is 2.98. The molecule has 0 aliphatic rings. The second kappa shape index (κ2) is 5.21. The van der Waals surface area contributed by atoms with Gasteiger partial charge in [-0.05, 0) is 47.0 Å². The molecule has 13 heavy (non-hydrogen) atoms. The predicted octanol–water partition coefficient (Wildman–Crippen LogP) is 2.88. The molecule has 0 saturated carbocycles. The van der Waals surface area contributed by atoms with Gasteiger partial charge in [0, 0.05) is 6.61 Å². The molecular weight excluding hydrogens is 299 g/mol. The van der Waals surface area contributed by atoms with E-state index in [9.17, 15) is 0 Å². The Labute approximate surface area is 96.2 Å². The molecular formula is C8H13IN2OS. The molecule has 1 atom stereocenters. The number of nitrogens with zero attached hydrogens (tertiary/aromatic N) is 2. The average Bonchev–Trinajstić information content (AvgIpc) is 2.46. The van der Waals surface area contributed by atoms with Gasteiger partial charge in [0.25, 0.3) is 0 Å². The fraction of sp³-hybridized carbons (Fsp3) is 0.750. The molecule has 5 heteroatoms. The Kier molecular flexibility index (Phi) is 4.54. The Morgan fingerprint density at radius 1 is 1.54 bits per heavy atom. The van der Waals surface area contributed by atoms with E-state index in [1.165, 1.54) is 11.5 Å². The van der Waals surface area contributed by atoms with E-state index in [0.29, 0.717) is 12.5 Å². The van der Waals surface area contributed by atoms with E-state index in [1.54, 1.807) is 0 Å². The average molecular weight is 312 g/mol. The number of aromatic nitrogens is 2. The lowest BCUT2D eigenvalue weighted by Crippen LogP contribution is -2.12. The summed E-state index contributed by atoms with van der Waals surface area (Å²) in [5.74, 6) is 1.25. The number of hydrogen-bond donors (Lipinski definition) is 0. The van der Waals surface area contributed by atoms with Crippen molar-refractivity contribution in [2.24, 2.45) is 5.92 Å². The molecule has 1 heterocycles. The van der Waals surface area contributed by atoms with Crippen LogP contribution in [-0.2, 0) is 4.74 Å². The number of halogens is 1. The van der Waals surface area contributed by atoms with Crippen LogP contribution in [0.25, 0.3) is 0 Å². The Hall–Kier alpha value is 0.250. The summed E-state index contributed by atoms with van der Waals surface area (Å²) in [4.78, 5) is 4.32. The molecule has 0 aliphatic carbocycles. The van der Waals surface area contributed by atoms with Crippen LogP contribution in [0.5, 0.6) is 0 Å². The highest BCUT2D eigenvalue weighted by molar-refractivity contribution is 14.1.